The SMILES string of the molecule is COC1[C@H](CO)OCO[C@@H]1CO. The predicted octanol–water partition coefficient (Wildman–Crippen LogP) is -1.27. The van der Waals surface area contributed by atoms with Gasteiger partial charge in [0.2, 0.25) is 0 Å². The second kappa shape index (κ2) is 4.74. The van der Waals surface area contributed by atoms with Gasteiger partial charge in [-0.05, 0) is 0 Å². The summed E-state index contributed by atoms with van der Waals surface area (Å²) in [4.78, 5) is 0. The van der Waals surface area contributed by atoms with E-state index in [0.717, 1.165) is 0 Å². The van der Waals surface area contributed by atoms with E-state index in [1.165, 1.54) is 7.11 Å². The molecule has 0 radical (unpaired) electrons. The fraction of sp³-hybridized carbons (Fsp3) is 1.00. The van der Waals surface area contributed by atoms with Crippen molar-refractivity contribution in [2.24, 2.45) is 0 Å². The van der Waals surface area contributed by atoms with Gasteiger partial charge in [-0.2, -0.15) is 0 Å². The lowest BCUT2D eigenvalue weighted by atomic mass is 10.1. The van der Waals surface area contributed by atoms with Gasteiger partial charge in [0.05, 0.1) is 13.2 Å². The molecule has 1 saturated heterocycles. The smallest absolute Gasteiger partial charge is 0.147 e. The maximum absolute atomic E-state index is 8.86. The van der Waals surface area contributed by atoms with Crippen LogP contribution >= 0.6 is 0 Å². The molecule has 0 aromatic carbocycles. The molecule has 0 aliphatic carbocycles. The molecule has 2 N–H and O–H groups in total. The number of rotatable bonds is 3. The molecule has 1 rings (SSSR count). The maximum atomic E-state index is 8.86. The largest absolute Gasteiger partial charge is 0.394 e. The molecule has 1 fully saturated rings. The maximum Gasteiger partial charge on any atom is 0.147 e. The Kier molecular flexibility index (Phi) is 3.90. The van der Waals surface area contributed by atoms with Gasteiger partial charge in [0.25, 0.3) is 0 Å². The second-order valence-electron chi connectivity index (χ2n) is 2.59. The van der Waals surface area contributed by atoms with Crippen molar-refractivity contribution >= 4 is 0 Å². The first-order valence-corrected chi connectivity index (χ1v) is 3.81. The fourth-order valence-electron chi connectivity index (χ4n) is 1.26. The van der Waals surface area contributed by atoms with Crippen LogP contribution in [0.25, 0.3) is 0 Å². The molecular weight excluding hydrogens is 164 g/mol. The van der Waals surface area contributed by atoms with E-state index < -0.39 is 18.3 Å². The summed E-state index contributed by atoms with van der Waals surface area (Å²) in [5, 5.41) is 17.7. The molecule has 0 amide bonds. The zero-order chi connectivity index (χ0) is 8.97. The highest BCUT2D eigenvalue weighted by Gasteiger charge is 2.34. The number of aliphatic hydroxyl groups is 2. The van der Waals surface area contributed by atoms with Crippen molar-refractivity contribution in [3.63, 3.8) is 0 Å². The summed E-state index contributed by atoms with van der Waals surface area (Å²) in [5.41, 5.74) is 0. The molecule has 3 atom stereocenters. The molecule has 0 aromatic heterocycles. The zero-order valence-electron chi connectivity index (χ0n) is 6.97. The van der Waals surface area contributed by atoms with Gasteiger partial charge in [0.15, 0.2) is 0 Å². The molecule has 0 bridgehead atoms. The van der Waals surface area contributed by atoms with Crippen LogP contribution in [0.15, 0.2) is 0 Å². The highest BCUT2D eigenvalue weighted by Crippen LogP contribution is 2.16. The van der Waals surface area contributed by atoms with Crippen LogP contribution < -0.4 is 0 Å². The van der Waals surface area contributed by atoms with Crippen molar-refractivity contribution in [1.82, 2.24) is 0 Å². The summed E-state index contributed by atoms with van der Waals surface area (Å²) in [7, 11) is 1.49. The van der Waals surface area contributed by atoms with Crippen molar-refractivity contribution in [3.05, 3.63) is 0 Å². The minimum Gasteiger partial charge on any atom is -0.394 e. The number of methoxy groups -OCH3 is 1. The average molecular weight is 178 g/mol. The van der Waals surface area contributed by atoms with Crippen LogP contribution in [0.5, 0.6) is 0 Å². The lowest BCUT2D eigenvalue weighted by Gasteiger charge is -2.35. The van der Waals surface area contributed by atoms with E-state index in [4.69, 9.17) is 24.4 Å². The summed E-state index contributed by atoms with van der Waals surface area (Å²) >= 11 is 0. The van der Waals surface area contributed by atoms with Gasteiger partial charge < -0.3 is 24.4 Å². The van der Waals surface area contributed by atoms with Crippen LogP contribution in [0.2, 0.25) is 0 Å². The first-order valence-electron chi connectivity index (χ1n) is 3.81. The van der Waals surface area contributed by atoms with E-state index in [1.807, 2.05) is 0 Å². The Balaban J connectivity index is 2.52. The average Bonchev–Trinajstić information content (AvgIpc) is 2.16. The number of hydrogen-bond acceptors (Lipinski definition) is 5. The predicted molar refractivity (Wildman–Crippen MR) is 39.6 cm³/mol. The van der Waals surface area contributed by atoms with Gasteiger partial charge in [-0.15, -0.1) is 0 Å². The third-order valence-corrected chi connectivity index (χ3v) is 1.93. The molecule has 0 aromatic rings. The Bertz CT molecular complexity index is 117. The van der Waals surface area contributed by atoms with E-state index in [1.54, 1.807) is 0 Å². The Labute approximate surface area is 70.9 Å². The summed E-state index contributed by atoms with van der Waals surface area (Å²) in [6.45, 7) is -0.160. The lowest BCUT2D eigenvalue weighted by molar-refractivity contribution is -0.250. The van der Waals surface area contributed by atoms with Crippen molar-refractivity contribution in [3.8, 4) is 0 Å². The third kappa shape index (κ3) is 1.94. The van der Waals surface area contributed by atoms with E-state index in [2.05, 4.69) is 0 Å². The Morgan fingerprint density at radius 1 is 1.25 bits per heavy atom. The second-order valence-corrected chi connectivity index (χ2v) is 2.59. The monoisotopic (exact) mass is 178 g/mol. The fourth-order valence-corrected chi connectivity index (χ4v) is 1.26. The topological polar surface area (TPSA) is 68.2 Å². The van der Waals surface area contributed by atoms with Crippen LogP contribution in [0.3, 0.4) is 0 Å². The lowest BCUT2D eigenvalue weighted by Crippen LogP contribution is -2.50. The third-order valence-electron chi connectivity index (χ3n) is 1.93. The first kappa shape index (κ1) is 9.88. The number of ether oxygens (including phenoxy) is 3. The summed E-state index contributed by atoms with van der Waals surface area (Å²) in [6, 6.07) is 0. The first-order chi connectivity index (χ1) is 5.83. The van der Waals surface area contributed by atoms with Gasteiger partial charge in [0, 0.05) is 7.11 Å². The van der Waals surface area contributed by atoms with Crippen molar-refractivity contribution in [1.29, 1.82) is 0 Å². The van der Waals surface area contributed by atoms with Crippen LogP contribution in [-0.4, -0.2) is 55.6 Å². The molecule has 72 valence electrons. The van der Waals surface area contributed by atoms with Crippen LogP contribution in [0, 0.1) is 0 Å². The number of aliphatic hydroxyl groups excluding tert-OH is 2. The van der Waals surface area contributed by atoms with Gasteiger partial charge in [-0.3, -0.25) is 0 Å². The normalized spacial score (nSPS) is 36.8. The minimum absolute atomic E-state index is 0.0936. The van der Waals surface area contributed by atoms with Gasteiger partial charge >= 0.3 is 0 Å². The molecule has 5 heteroatoms. The van der Waals surface area contributed by atoms with Gasteiger partial charge in [-0.25, -0.2) is 0 Å². The molecule has 5 nitrogen and oxygen atoms in total. The van der Waals surface area contributed by atoms with Crippen LogP contribution in [0.4, 0.5) is 0 Å². The van der Waals surface area contributed by atoms with E-state index >= 15 is 0 Å². The van der Waals surface area contributed by atoms with Gasteiger partial charge in [0.1, 0.15) is 25.1 Å². The number of hydrogen-bond donors (Lipinski definition) is 2. The van der Waals surface area contributed by atoms with E-state index in [0.29, 0.717) is 0 Å². The molecule has 0 saturated carbocycles. The Hall–Kier alpha value is -0.200. The molecule has 0 spiro atoms. The van der Waals surface area contributed by atoms with Crippen molar-refractivity contribution < 1.29 is 24.4 Å². The molecular formula is C7H14O5. The van der Waals surface area contributed by atoms with Gasteiger partial charge in [-0.1, -0.05) is 0 Å². The highest BCUT2D eigenvalue weighted by atomic mass is 16.7. The quantitative estimate of drug-likeness (QED) is 0.564. The summed E-state index contributed by atoms with van der Waals surface area (Å²) < 4.78 is 15.1. The standard InChI is InChI=1S/C7H14O5/c1-10-7-5(2-8)11-4-12-6(7)3-9/h5-9H,2-4H2,1H3/t5-,6+,7?. The van der Waals surface area contributed by atoms with E-state index in [-0.39, 0.29) is 20.0 Å². The highest BCUT2D eigenvalue weighted by molar-refractivity contribution is 4.80. The molecule has 12 heavy (non-hydrogen) atoms. The molecule has 1 aliphatic heterocycles. The zero-order valence-corrected chi connectivity index (χ0v) is 6.97. The Morgan fingerprint density at radius 3 is 2.08 bits per heavy atom. The van der Waals surface area contributed by atoms with Crippen molar-refractivity contribution in [2.45, 2.75) is 18.3 Å². The van der Waals surface area contributed by atoms with Crippen LogP contribution in [0.1, 0.15) is 0 Å². The molecule has 1 aliphatic rings. The Morgan fingerprint density at radius 2 is 1.75 bits per heavy atom. The summed E-state index contributed by atoms with van der Waals surface area (Å²) in [6.07, 6.45) is -1.20. The molecule has 1 heterocycles. The molecule has 1 unspecified atom stereocenters. The van der Waals surface area contributed by atoms with Crippen LogP contribution in [-0.2, 0) is 14.2 Å². The van der Waals surface area contributed by atoms with E-state index in [9.17, 15) is 0 Å². The summed E-state index contributed by atoms with van der Waals surface area (Å²) in [5.74, 6) is 0. The minimum atomic E-state index is -0.402. The van der Waals surface area contributed by atoms with Crippen molar-refractivity contribution in [2.75, 3.05) is 27.1 Å².